The number of H-pyrrole nitrogens is 1. The van der Waals surface area contributed by atoms with Crippen molar-refractivity contribution in [2.24, 2.45) is 0 Å². The average Bonchev–Trinajstić information content (AvgIpc) is 3.13. The van der Waals surface area contributed by atoms with E-state index < -0.39 is 35.8 Å². The second-order valence-electron chi connectivity index (χ2n) is 10.1. The number of amides is 1. The molecule has 1 amide bonds. The average molecular weight is 510 g/mol. The summed E-state index contributed by atoms with van der Waals surface area (Å²) in [6, 6.07) is 1.14. The number of hydrogen-bond donors (Lipinski definition) is 4. The summed E-state index contributed by atoms with van der Waals surface area (Å²) in [6.45, 7) is 2.29. The lowest BCUT2D eigenvalue weighted by Crippen LogP contribution is -2.40. The predicted octanol–water partition coefficient (Wildman–Crippen LogP) is 3.53. The van der Waals surface area contributed by atoms with E-state index in [1.54, 1.807) is 0 Å². The van der Waals surface area contributed by atoms with E-state index in [0.717, 1.165) is 29.9 Å². The predicted molar refractivity (Wildman–Crippen MR) is 140 cm³/mol. The van der Waals surface area contributed by atoms with Crippen LogP contribution in [-0.2, 0) is 9.53 Å². The summed E-state index contributed by atoms with van der Waals surface area (Å²) in [5, 5.41) is 23.2. The minimum Gasteiger partial charge on any atom is -0.387 e. The number of aromatic nitrogens is 2. The Kier molecular flexibility index (Phi) is 14.7. The van der Waals surface area contributed by atoms with Crippen molar-refractivity contribution in [2.45, 2.75) is 134 Å². The fourth-order valence-corrected chi connectivity index (χ4v) is 4.72. The summed E-state index contributed by atoms with van der Waals surface area (Å²) in [5.74, 6) is -0.125. The maximum absolute atomic E-state index is 12.2. The van der Waals surface area contributed by atoms with E-state index in [1.165, 1.54) is 83.2 Å². The molecule has 0 aromatic carbocycles. The minimum absolute atomic E-state index is 0.0321. The van der Waals surface area contributed by atoms with Crippen molar-refractivity contribution in [3.05, 3.63) is 33.1 Å². The van der Waals surface area contributed by atoms with Crippen molar-refractivity contribution >= 4 is 5.91 Å². The monoisotopic (exact) mass is 509 g/mol. The number of unbranched alkanes of at least 4 members (excludes halogenated alkanes) is 14. The summed E-state index contributed by atoms with van der Waals surface area (Å²) in [7, 11) is 0. The lowest BCUT2D eigenvalue weighted by atomic mass is 10.0. The topological polar surface area (TPSA) is 134 Å². The van der Waals surface area contributed by atoms with E-state index in [4.69, 9.17) is 4.74 Å². The molecule has 0 spiro atoms. The van der Waals surface area contributed by atoms with Gasteiger partial charge in [-0.05, 0) is 6.42 Å². The zero-order chi connectivity index (χ0) is 26.2. The van der Waals surface area contributed by atoms with Gasteiger partial charge < -0.3 is 20.3 Å². The summed E-state index contributed by atoms with van der Waals surface area (Å²) in [6.07, 6.45) is 16.1. The third-order valence-electron chi connectivity index (χ3n) is 6.97. The molecule has 4 atom stereocenters. The Morgan fingerprint density at radius 1 is 0.889 bits per heavy atom. The largest absolute Gasteiger partial charge is 0.387 e. The number of ether oxygens (including phenoxy) is 1. The standard InChI is InChI=1S/C27H47N3O6/c1-2-3-4-5-6-7-8-9-10-11-12-13-14-15-16-17-22(31)28-20-21-24(33)25(34)26(36-21)30-19-18-23(32)29-27(30)35/h18-19,21,24-26,33-34H,2-17,20H2,1H3,(H,28,31)(H,29,32,35)/t21-,24-,25-,26-/m1/s1. The van der Waals surface area contributed by atoms with Crippen LogP contribution in [-0.4, -0.2) is 50.5 Å². The molecule has 2 heterocycles. The van der Waals surface area contributed by atoms with Crippen LogP contribution in [0.15, 0.2) is 21.9 Å². The highest BCUT2D eigenvalue weighted by Crippen LogP contribution is 2.27. The highest BCUT2D eigenvalue weighted by molar-refractivity contribution is 5.75. The third kappa shape index (κ3) is 11.0. The Morgan fingerprint density at radius 2 is 1.42 bits per heavy atom. The van der Waals surface area contributed by atoms with Gasteiger partial charge in [0.25, 0.3) is 5.56 Å². The van der Waals surface area contributed by atoms with Gasteiger partial charge >= 0.3 is 5.69 Å². The van der Waals surface area contributed by atoms with Gasteiger partial charge in [0.05, 0.1) is 0 Å². The third-order valence-corrected chi connectivity index (χ3v) is 6.97. The van der Waals surface area contributed by atoms with Crippen molar-refractivity contribution in [1.29, 1.82) is 0 Å². The molecule has 1 aliphatic heterocycles. The molecule has 2 rings (SSSR count). The van der Waals surface area contributed by atoms with Gasteiger partial charge in [0.2, 0.25) is 5.91 Å². The summed E-state index contributed by atoms with van der Waals surface area (Å²) in [5.41, 5.74) is -1.30. The maximum atomic E-state index is 12.2. The summed E-state index contributed by atoms with van der Waals surface area (Å²) >= 11 is 0. The quantitative estimate of drug-likeness (QED) is 0.211. The van der Waals surface area contributed by atoms with E-state index in [-0.39, 0.29) is 12.5 Å². The molecule has 36 heavy (non-hydrogen) atoms. The van der Waals surface area contributed by atoms with Gasteiger partial charge in [0, 0.05) is 25.2 Å². The van der Waals surface area contributed by atoms with E-state index in [0.29, 0.717) is 6.42 Å². The molecule has 1 aromatic heterocycles. The highest BCUT2D eigenvalue weighted by atomic mass is 16.6. The Labute approximate surface area is 214 Å². The van der Waals surface area contributed by atoms with Gasteiger partial charge in [0.1, 0.15) is 18.3 Å². The lowest BCUT2D eigenvalue weighted by Gasteiger charge is -2.16. The second kappa shape index (κ2) is 17.5. The first-order valence-electron chi connectivity index (χ1n) is 14.0. The number of aromatic amines is 1. The normalized spacial score (nSPS) is 21.6. The Morgan fingerprint density at radius 3 is 1.94 bits per heavy atom. The molecule has 0 unspecified atom stereocenters. The van der Waals surface area contributed by atoms with E-state index in [2.05, 4.69) is 17.2 Å². The Balaban J connectivity index is 1.47. The first kappa shape index (κ1) is 30.3. The van der Waals surface area contributed by atoms with Gasteiger partial charge in [-0.3, -0.25) is 19.1 Å². The van der Waals surface area contributed by atoms with Crippen LogP contribution in [0.1, 0.15) is 116 Å². The molecule has 1 fully saturated rings. The minimum atomic E-state index is -1.36. The molecule has 9 nitrogen and oxygen atoms in total. The fraction of sp³-hybridized carbons (Fsp3) is 0.815. The van der Waals surface area contributed by atoms with Crippen LogP contribution in [0, 0.1) is 0 Å². The Hall–Kier alpha value is -1.97. The number of nitrogens with zero attached hydrogens (tertiary/aromatic N) is 1. The Bertz CT molecular complexity index is 854. The second-order valence-corrected chi connectivity index (χ2v) is 10.1. The number of nitrogens with one attached hydrogen (secondary N) is 2. The molecule has 0 saturated carbocycles. The first-order valence-corrected chi connectivity index (χ1v) is 14.0. The molecular formula is C27H47N3O6. The summed E-state index contributed by atoms with van der Waals surface area (Å²) < 4.78 is 6.62. The molecule has 0 radical (unpaired) electrons. The fourth-order valence-electron chi connectivity index (χ4n) is 4.72. The van der Waals surface area contributed by atoms with Crippen LogP contribution in [0.4, 0.5) is 0 Å². The van der Waals surface area contributed by atoms with Crippen LogP contribution in [0.2, 0.25) is 0 Å². The molecule has 0 bridgehead atoms. The van der Waals surface area contributed by atoms with Gasteiger partial charge in [-0.25, -0.2) is 4.79 Å². The van der Waals surface area contributed by atoms with Crippen LogP contribution in [0.3, 0.4) is 0 Å². The molecular weight excluding hydrogens is 462 g/mol. The van der Waals surface area contributed by atoms with Crippen molar-refractivity contribution in [1.82, 2.24) is 14.9 Å². The van der Waals surface area contributed by atoms with Crippen LogP contribution < -0.4 is 16.6 Å². The summed E-state index contributed by atoms with van der Waals surface area (Å²) in [4.78, 5) is 37.4. The molecule has 1 aliphatic rings. The maximum Gasteiger partial charge on any atom is 0.330 e. The van der Waals surface area contributed by atoms with Crippen molar-refractivity contribution in [3.8, 4) is 0 Å². The zero-order valence-electron chi connectivity index (χ0n) is 22.0. The smallest absolute Gasteiger partial charge is 0.330 e. The number of carbonyl (C=O) groups is 1. The van der Waals surface area contributed by atoms with Crippen molar-refractivity contribution < 1.29 is 19.7 Å². The van der Waals surface area contributed by atoms with Gasteiger partial charge in [-0.2, -0.15) is 0 Å². The highest BCUT2D eigenvalue weighted by Gasteiger charge is 2.44. The van der Waals surface area contributed by atoms with Crippen LogP contribution >= 0.6 is 0 Å². The number of aliphatic hydroxyl groups excluding tert-OH is 2. The first-order chi connectivity index (χ1) is 17.4. The molecule has 206 valence electrons. The number of carbonyl (C=O) groups excluding carboxylic acids is 1. The van der Waals surface area contributed by atoms with Crippen molar-refractivity contribution in [2.75, 3.05) is 6.54 Å². The van der Waals surface area contributed by atoms with Crippen LogP contribution in [0.5, 0.6) is 0 Å². The van der Waals surface area contributed by atoms with E-state index in [9.17, 15) is 24.6 Å². The zero-order valence-corrected chi connectivity index (χ0v) is 22.0. The van der Waals surface area contributed by atoms with Gasteiger partial charge in [-0.1, -0.05) is 96.8 Å². The van der Waals surface area contributed by atoms with E-state index >= 15 is 0 Å². The van der Waals surface area contributed by atoms with E-state index in [1.807, 2.05) is 0 Å². The SMILES string of the molecule is CCCCCCCCCCCCCCCCCC(=O)NC[C@H]1O[C@@H](n2ccc(=O)[nH]c2=O)[C@H](O)[C@@H]1O. The van der Waals surface area contributed by atoms with Gasteiger partial charge in [-0.15, -0.1) is 0 Å². The molecule has 1 saturated heterocycles. The molecule has 1 aromatic rings. The van der Waals surface area contributed by atoms with Crippen LogP contribution in [0.25, 0.3) is 0 Å². The van der Waals surface area contributed by atoms with Crippen molar-refractivity contribution in [3.63, 3.8) is 0 Å². The molecule has 4 N–H and O–H groups in total. The van der Waals surface area contributed by atoms with Gasteiger partial charge in [0.15, 0.2) is 6.23 Å². The number of rotatable bonds is 19. The lowest BCUT2D eigenvalue weighted by molar-refractivity contribution is -0.122. The number of aliphatic hydroxyl groups is 2. The number of hydrogen-bond acceptors (Lipinski definition) is 6. The molecule has 0 aliphatic carbocycles. The molecule has 9 heteroatoms.